The van der Waals surface area contributed by atoms with Crippen molar-refractivity contribution < 1.29 is 19.1 Å². The van der Waals surface area contributed by atoms with Crippen LogP contribution in [0.25, 0.3) is 0 Å². The number of nitrogens with one attached hydrogen (secondary N) is 1. The Hall–Kier alpha value is -2.08. The number of carbonyl (C=O) groups excluding carboxylic acids is 2. The molecule has 1 rings (SSSR count). The molecule has 1 aromatic carbocycles. The van der Waals surface area contributed by atoms with Crippen molar-refractivity contribution in [2.45, 2.75) is 6.04 Å². The van der Waals surface area contributed by atoms with Gasteiger partial charge in [-0.1, -0.05) is 12.1 Å². The number of rotatable bonds is 6. The Balaban J connectivity index is 2.83. The van der Waals surface area contributed by atoms with Crippen LogP contribution >= 0.6 is 0 Å². The third kappa shape index (κ3) is 3.74. The summed E-state index contributed by atoms with van der Waals surface area (Å²) in [5, 5.41) is 2.49. The molecule has 0 bridgehead atoms. The molecule has 2 amide bonds. The van der Waals surface area contributed by atoms with Crippen LogP contribution in [0.3, 0.4) is 0 Å². The minimum absolute atomic E-state index is 0.125. The SMILES string of the molecule is COCC(=O)NC(C(N)=O)c1ccc(OC)cc1. The zero-order valence-corrected chi connectivity index (χ0v) is 10.3. The number of methoxy groups -OCH3 is 2. The molecule has 98 valence electrons. The zero-order valence-electron chi connectivity index (χ0n) is 10.3. The van der Waals surface area contributed by atoms with Gasteiger partial charge in [0.1, 0.15) is 18.4 Å². The normalized spacial score (nSPS) is 11.7. The number of carbonyl (C=O) groups is 2. The molecule has 1 aromatic rings. The molecule has 1 atom stereocenters. The molecule has 0 saturated carbocycles. The van der Waals surface area contributed by atoms with E-state index in [1.807, 2.05) is 0 Å². The van der Waals surface area contributed by atoms with Crippen molar-refractivity contribution in [1.82, 2.24) is 5.32 Å². The lowest BCUT2D eigenvalue weighted by Crippen LogP contribution is -2.39. The van der Waals surface area contributed by atoms with Crippen LogP contribution in [-0.4, -0.2) is 32.6 Å². The molecule has 3 N–H and O–H groups in total. The lowest BCUT2D eigenvalue weighted by molar-refractivity contribution is -0.129. The maximum atomic E-state index is 11.4. The van der Waals surface area contributed by atoms with E-state index in [1.54, 1.807) is 31.4 Å². The first kappa shape index (κ1) is 14.0. The van der Waals surface area contributed by atoms with E-state index < -0.39 is 17.9 Å². The number of nitrogens with two attached hydrogens (primary N) is 1. The minimum Gasteiger partial charge on any atom is -0.497 e. The van der Waals surface area contributed by atoms with Crippen LogP contribution in [-0.2, 0) is 14.3 Å². The van der Waals surface area contributed by atoms with Gasteiger partial charge < -0.3 is 20.5 Å². The average molecular weight is 252 g/mol. The molecular formula is C12H16N2O4. The molecule has 0 aliphatic carbocycles. The fourth-order valence-corrected chi connectivity index (χ4v) is 1.45. The van der Waals surface area contributed by atoms with Gasteiger partial charge in [0, 0.05) is 7.11 Å². The molecule has 0 heterocycles. The van der Waals surface area contributed by atoms with Gasteiger partial charge in [-0.25, -0.2) is 0 Å². The van der Waals surface area contributed by atoms with Crippen molar-refractivity contribution in [2.75, 3.05) is 20.8 Å². The van der Waals surface area contributed by atoms with E-state index in [-0.39, 0.29) is 6.61 Å². The lowest BCUT2D eigenvalue weighted by atomic mass is 10.1. The van der Waals surface area contributed by atoms with E-state index in [4.69, 9.17) is 10.5 Å². The van der Waals surface area contributed by atoms with Crippen LogP contribution in [0, 0.1) is 0 Å². The maximum Gasteiger partial charge on any atom is 0.246 e. The number of primary amides is 1. The fourth-order valence-electron chi connectivity index (χ4n) is 1.45. The molecule has 0 radical (unpaired) electrons. The summed E-state index contributed by atoms with van der Waals surface area (Å²) in [6.45, 7) is -0.125. The summed E-state index contributed by atoms with van der Waals surface area (Å²) in [6, 6.07) is 5.84. The number of hydrogen-bond donors (Lipinski definition) is 2. The molecular weight excluding hydrogens is 236 g/mol. The first-order valence-electron chi connectivity index (χ1n) is 5.30. The first-order chi connectivity index (χ1) is 8.58. The summed E-state index contributed by atoms with van der Waals surface area (Å²) in [5.74, 6) is -0.382. The summed E-state index contributed by atoms with van der Waals surface area (Å²) in [5.41, 5.74) is 5.85. The molecule has 0 aliphatic rings. The topological polar surface area (TPSA) is 90.6 Å². The fraction of sp³-hybridized carbons (Fsp3) is 0.333. The van der Waals surface area contributed by atoms with Crippen molar-refractivity contribution in [3.63, 3.8) is 0 Å². The Morgan fingerprint density at radius 2 is 1.89 bits per heavy atom. The number of ether oxygens (including phenoxy) is 2. The van der Waals surface area contributed by atoms with Crippen LogP contribution in [0.5, 0.6) is 5.75 Å². The largest absolute Gasteiger partial charge is 0.497 e. The van der Waals surface area contributed by atoms with Crippen LogP contribution in [0.2, 0.25) is 0 Å². The number of hydrogen-bond acceptors (Lipinski definition) is 4. The highest BCUT2D eigenvalue weighted by Crippen LogP contribution is 2.17. The highest BCUT2D eigenvalue weighted by Gasteiger charge is 2.19. The van der Waals surface area contributed by atoms with Crippen molar-refractivity contribution in [2.24, 2.45) is 5.73 Å². The van der Waals surface area contributed by atoms with E-state index in [0.29, 0.717) is 11.3 Å². The van der Waals surface area contributed by atoms with Gasteiger partial charge in [-0.15, -0.1) is 0 Å². The summed E-state index contributed by atoms with van der Waals surface area (Å²) < 4.78 is 9.68. The Morgan fingerprint density at radius 3 is 2.33 bits per heavy atom. The van der Waals surface area contributed by atoms with Crippen molar-refractivity contribution >= 4 is 11.8 Å². The molecule has 0 aliphatic heterocycles. The Kier molecular flexibility index (Phi) is 5.13. The molecule has 1 unspecified atom stereocenters. The summed E-state index contributed by atoms with van der Waals surface area (Å²) in [4.78, 5) is 22.7. The quantitative estimate of drug-likeness (QED) is 0.744. The van der Waals surface area contributed by atoms with E-state index in [9.17, 15) is 9.59 Å². The third-order valence-corrected chi connectivity index (χ3v) is 2.31. The Labute approximate surface area is 105 Å². The van der Waals surface area contributed by atoms with Gasteiger partial charge in [0.2, 0.25) is 11.8 Å². The van der Waals surface area contributed by atoms with Gasteiger partial charge in [0.05, 0.1) is 7.11 Å². The van der Waals surface area contributed by atoms with Gasteiger partial charge >= 0.3 is 0 Å². The zero-order chi connectivity index (χ0) is 13.5. The van der Waals surface area contributed by atoms with Crippen LogP contribution < -0.4 is 15.8 Å². The third-order valence-electron chi connectivity index (χ3n) is 2.31. The number of benzene rings is 1. The van der Waals surface area contributed by atoms with E-state index in [0.717, 1.165) is 0 Å². The summed E-state index contributed by atoms with van der Waals surface area (Å²) in [6.07, 6.45) is 0. The molecule has 0 saturated heterocycles. The predicted octanol–water partition coefficient (Wildman–Crippen LogP) is -0.0158. The van der Waals surface area contributed by atoms with Crippen molar-refractivity contribution in [3.05, 3.63) is 29.8 Å². The van der Waals surface area contributed by atoms with Gasteiger partial charge in [-0.3, -0.25) is 9.59 Å². The van der Waals surface area contributed by atoms with Crippen molar-refractivity contribution in [1.29, 1.82) is 0 Å². The monoisotopic (exact) mass is 252 g/mol. The Morgan fingerprint density at radius 1 is 1.28 bits per heavy atom. The molecule has 6 nitrogen and oxygen atoms in total. The molecule has 0 fully saturated rings. The molecule has 0 spiro atoms. The highest BCUT2D eigenvalue weighted by atomic mass is 16.5. The lowest BCUT2D eigenvalue weighted by Gasteiger charge is -2.15. The summed E-state index contributed by atoms with van der Waals surface area (Å²) >= 11 is 0. The second-order valence-electron chi connectivity index (χ2n) is 3.61. The Bertz CT molecular complexity index is 417. The second-order valence-corrected chi connectivity index (χ2v) is 3.61. The van der Waals surface area contributed by atoms with Crippen LogP contribution in [0.4, 0.5) is 0 Å². The number of amides is 2. The minimum atomic E-state index is -0.876. The van der Waals surface area contributed by atoms with E-state index >= 15 is 0 Å². The second kappa shape index (κ2) is 6.61. The van der Waals surface area contributed by atoms with Crippen LogP contribution in [0.15, 0.2) is 24.3 Å². The van der Waals surface area contributed by atoms with Crippen LogP contribution in [0.1, 0.15) is 11.6 Å². The maximum absolute atomic E-state index is 11.4. The van der Waals surface area contributed by atoms with Gasteiger partial charge in [0.15, 0.2) is 0 Å². The smallest absolute Gasteiger partial charge is 0.246 e. The average Bonchev–Trinajstić information content (AvgIpc) is 2.36. The first-order valence-corrected chi connectivity index (χ1v) is 5.30. The molecule has 18 heavy (non-hydrogen) atoms. The van der Waals surface area contributed by atoms with Gasteiger partial charge in [-0.2, -0.15) is 0 Å². The van der Waals surface area contributed by atoms with E-state index in [2.05, 4.69) is 10.1 Å². The van der Waals surface area contributed by atoms with Gasteiger partial charge in [0.25, 0.3) is 0 Å². The molecule has 0 aromatic heterocycles. The standard InChI is InChI=1S/C12H16N2O4/c1-17-7-10(15)14-11(12(13)16)8-3-5-9(18-2)6-4-8/h3-6,11H,7H2,1-2H3,(H2,13,16)(H,14,15). The van der Waals surface area contributed by atoms with Gasteiger partial charge in [-0.05, 0) is 17.7 Å². The van der Waals surface area contributed by atoms with E-state index in [1.165, 1.54) is 7.11 Å². The highest BCUT2D eigenvalue weighted by molar-refractivity contribution is 5.88. The summed E-state index contributed by atoms with van der Waals surface area (Å²) in [7, 11) is 2.94. The predicted molar refractivity (Wildman–Crippen MR) is 64.9 cm³/mol. The molecule has 6 heteroatoms. The van der Waals surface area contributed by atoms with Crippen molar-refractivity contribution in [3.8, 4) is 5.75 Å².